The lowest BCUT2D eigenvalue weighted by Gasteiger charge is -2.38. The fraction of sp³-hybridized carbons (Fsp3) is 0.303. The Morgan fingerprint density at radius 2 is 1.80 bits per heavy atom. The molecule has 2 heterocycles. The average molecular weight is 551 g/mol. The molecule has 1 atom stereocenters. The monoisotopic (exact) mass is 550 g/mol. The number of nitrogens with one attached hydrogen (secondary N) is 1. The van der Waals surface area contributed by atoms with E-state index >= 15 is 0 Å². The van der Waals surface area contributed by atoms with Gasteiger partial charge in [-0.3, -0.25) is 4.79 Å². The number of allylic oxidation sites excluding steroid dienone is 2. The molecule has 0 saturated carbocycles. The van der Waals surface area contributed by atoms with Crippen LogP contribution in [-0.4, -0.2) is 34.3 Å². The summed E-state index contributed by atoms with van der Waals surface area (Å²) < 4.78 is 19.4. The third kappa shape index (κ3) is 5.29. The molecule has 1 aliphatic carbocycles. The molecule has 0 saturated heterocycles. The molecule has 1 aliphatic heterocycles. The molecular weight excluding hydrogens is 516 g/mol. The van der Waals surface area contributed by atoms with Gasteiger partial charge in [0.1, 0.15) is 18.4 Å². The maximum atomic E-state index is 13.7. The van der Waals surface area contributed by atoms with Crippen molar-refractivity contribution in [3.63, 3.8) is 0 Å². The van der Waals surface area contributed by atoms with Crippen molar-refractivity contribution in [2.24, 2.45) is 5.41 Å². The molecule has 1 aromatic heterocycles. The molecule has 41 heavy (non-hydrogen) atoms. The smallest absolute Gasteiger partial charge is 0.226 e. The second-order valence-electron chi connectivity index (χ2n) is 11.2. The van der Waals surface area contributed by atoms with Crippen molar-refractivity contribution in [3.05, 3.63) is 95.2 Å². The lowest BCUT2D eigenvalue weighted by Crippen LogP contribution is -2.36. The second kappa shape index (κ2) is 10.8. The van der Waals surface area contributed by atoms with Gasteiger partial charge in [0.05, 0.1) is 13.7 Å². The summed E-state index contributed by atoms with van der Waals surface area (Å²) in [5.74, 6) is 3.26. The van der Waals surface area contributed by atoms with Gasteiger partial charge in [-0.1, -0.05) is 62.4 Å². The minimum absolute atomic E-state index is 0.111. The molecule has 1 N–H and O–H groups in total. The highest BCUT2D eigenvalue weighted by Gasteiger charge is 2.42. The number of ketones is 1. The fourth-order valence-electron chi connectivity index (χ4n) is 5.62. The van der Waals surface area contributed by atoms with Crippen molar-refractivity contribution >= 4 is 11.7 Å². The first-order valence-corrected chi connectivity index (χ1v) is 13.9. The molecule has 3 aromatic carbocycles. The summed E-state index contributed by atoms with van der Waals surface area (Å²) in [4.78, 5) is 18.6. The highest BCUT2D eigenvalue weighted by Crippen LogP contribution is 2.47. The SMILES string of the molecule is CCOc1cc(C2C3=C(CC(C)(C)CC3=O)Nc3nc(-c4cccc(OC)c4)nn32)ccc1OCc1ccccc1. The van der Waals surface area contributed by atoms with Crippen LogP contribution < -0.4 is 19.5 Å². The maximum absolute atomic E-state index is 13.7. The van der Waals surface area contributed by atoms with Gasteiger partial charge in [-0.05, 0) is 54.2 Å². The average Bonchev–Trinajstić information content (AvgIpc) is 3.39. The molecule has 0 radical (unpaired) electrons. The summed E-state index contributed by atoms with van der Waals surface area (Å²) in [7, 11) is 1.64. The van der Waals surface area contributed by atoms with Crippen molar-refractivity contribution in [2.75, 3.05) is 19.0 Å². The van der Waals surface area contributed by atoms with Crippen molar-refractivity contribution in [3.8, 4) is 28.6 Å². The van der Waals surface area contributed by atoms with Crippen molar-refractivity contribution in [2.45, 2.75) is 46.3 Å². The number of hydrogen-bond donors (Lipinski definition) is 1. The van der Waals surface area contributed by atoms with Gasteiger partial charge in [-0.15, -0.1) is 5.10 Å². The number of carbonyl (C=O) groups is 1. The minimum atomic E-state index is -0.459. The van der Waals surface area contributed by atoms with Gasteiger partial charge in [0, 0.05) is 23.3 Å². The summed E-state index contributed by atoms with van der Waals surface area (Å²) in [6.45, 7) is 7.10. The Morgan fingerprint density at radius 3 is 2.59 bits per heavy atom. The highest BCUT2D eigenvalue weighted by molar-refractivity contribution is 6.00. The van der Waals surface area contributed by atoms with Crippen molar-refractivity contribution in [1.82, 2.24) is 14.8 Å². The van der Waals surface area contributed by atoms with Gasteiger partial charge in [-0.2, -0.15) is 4.98 Å². The summed E-state index contributed by atoms with van der Waals surface area (Å²) in [5, 5.41) is 8.37. The van der Waals surface area contributed by atoms with E-state index in [1.807, 2.05) is 84.4 Å². The Kier molecular flexibility index (Phi) is 6.99. The molecule has 0 fully saturated rings. The number of hydrogen-bond acceptors (Lipinski definition) is 7. The molecule has 0 bridgehead atoms. The summed E-state index contributed by atoms with van der Waals surface area (Å²) in [6, 6.07) is 23.1. The predicted octanol–water partition coefficient (Wildman–Crippen LogP) is 6.59. The van der Waals surface area contributed by atoms with E-state index in [1.54, 1.807) is 7.11 Å². The lowest BCUT2D eigenvalue weighted by atomic mass is 9.73. The first-order valence-electron chi connectivity index (χ1n) is 13.9. The van der Waals surface area contributed by atoms with E-state index < -0.39 is 6.04 Å². The predicted molar refractivity (Wildman–Crippen MR) is 157 cm³/mol. The number of anilines is 1. The molecule has 8 heteroatoms. The number of rotatable bonds is 8. The Hall–Kier alpha value is -4.59. The van der Waals surface area contributed by atoms with Gasteiger partial charge in [0.15, 0.2) is 23.1 Å². The minimum Gasteiger partial charge on any atom is -0.497 e. The van der Waals surface area contributed by atoms with Crippen LogP contribution in [0.4, 0.5) is 5.95 Å². The van der Waals surface area contributed by atoms with Crippen molar-refractivity contribution < 1.29 is 19.0 Å². The molecule has 0 amide bonds. The quantitative estimate of drug-likeness (QED) is 0.265. The first kappa shape index (κ1) is 26.6. The van der Waals surface area contributed by atoms with E-state index in [0.717, 1.165) is 40.1 Å². The topological polar surface area (TPSA) is 87.5 Å². The first-order chi connectivity index (χ1) is 19.8. The molecule has 210 valence electrons. The van der Waals surface area contributed by atoms with Crippen LogP contribution in [0.25, 0.3) is 11.4 Å². The number of aromatic nitrogens is 3. The Labute approximate surface area is 240 Å². The largest absolute Gasteiger partial charge is 0.497 e. The third-order valence-electron chi connectivity index (χ3n) is 7.48. The second-order valence-corrected chi connectivity index (χ2v) is 11.2. The molecule has 4 aromatic rings. The van der Waals surface area contributed by atoms with E-state index in [2.05, 4.69) is 19.2 Å². The van der Waals surface area contributed by atoms with Gasteiger partial charge in [0.25, 0.3) is 0 Å². The van der Waals surface area contributed by atoms with Crippen LogP contribution >= 0.6 is 0 Å². The van der Waals surface area contributed by atoms with E-state index in [9.17, 15) is 4.79 Å². The molecule has 8 nitrogen and oxygen atoms in total. The van der Waals surface area contributed by atoms with E-state index in [-0.39, 0.29) is 11.2 Å². The van der Waals surface area contributed by atoms with E-state index in [0.29, 0.717) is 42.9 Å². The zero-order chi connectivity index (χ0) is 28.6. The highest BCUT2D eigenvalue weighted by atomic mass is 16.5. The van der Waals surface area contributed by atoms with Crippen molar-refractivity contribution in [1.29, 1.82) is 0 Å². The summed E-state index contributed by atoms with van der Waals surface area (Å²) in [5.41, 5.74) is 4.24. The summed E-state index contributed by atoms with van der Waals surface area (Å²) >= 11 is 0. The number of nitrogens with zero attached hydrogens (tertiary/aromatic N) is 3. The molecular formula is C33H34N4O4. The van der Waals surface area contributed by atoms with Gasteiger partial charge in [0.2, 0.25) is 5.95 Å². The molecule has 0 spiro atoms. The third-order valence-corrected chi connectivity index (χ3v) is 7.48. The number of ether oxygens (including phenoxy) is 3. The number of fused-ring (bicyclic) bond motifs is 1. The lowest BCUT2D eigenvalue weighted by molar-refractivity contribution is -0.118. The Morgan fingerprint density at radius 1 is 0.976 bits per heavy atom. The van der Waals surface area contributed by atoms with Crippen LogP contribution in [0.1, 0.15) is 50.8 Å². The van der Waals surface area contributed by atoms with E-state index in [4.69, 9.17) is 24.3 Å². The van der Waals surface area contributed by atoms with Crippen LogP contribution in [-0.2, 0) is 11.4 Å². The van der Waals surface area contributed by atoms with Crippen LogP contribution in [0.5, 0.6) is 17.2 Å². The van der Waals surface area contributed by atoms with Crippen LogP contribution in [0.2, 0.25) is 0 Å². The van der Waals surface area contributed by atoms with Crippen LogP contribution in [0, 0.1) is 5.41 Å². The van der Waals surface area contributed by atoms with Crippen LogP contribution in [0.15, 0.2) is 84.1 Å². The standard InChI is InChI=1S/C33H34N4O4/c1-5-40-28-17-22(14-15-27(28)41-20-21-10-7-6-8-11-21)30-29-25(18-33(2,3)19-26(29)38)34-32-35-31(36-37(30)32)23-12-9-13-24(16-23)39-4/h6-17,30H,5,18-20H2,1-4H3,(H,34,35,36). The Bertz CT molecular complexity index is 1620. The summed E-state index contributed by atoms with van der Waals surface area (Å²) in [6.07, 6.45) is 1.20. The molecule has 2 aliphatic rings. The van der Waals surface area contributed by atoms with E-state index in [1.165, 1.54) is 0 Å². The number of Topliss-reactive ketones (excluding diaryl/α,β-unsaturated/α-hetero) is 1. The molecule has 6 rings (SSSR count). The van der Waals surface area contributed by atoms with Gasteiger partial charge >= 0.3 is 0 Å². The number of carbonyl (C=O) groups excluding carboxylic acids is 1. The molecule has 1 unspecified atom stereocenters. The fourth-order valence-corrected chi connectivity index (χ4v) is 5.62. The van der Waals surface area contributed by atoms with Crippen LogP contribution in [0.3, 0.4) is 0 Å². The van der Waals surface area contributed by atoms with Gasteiger partial charge < -0.3 is 19.5 Å². The maximum Gasteiger partial charge on any atom is 0.226 e. The zero-order valence-corrected chi connectivity index (χ0v) is 23.8. The normalized spacial score (nSPS) is 17.4. The zero-order valence-electron chi connectivity index (χ0n) is 23.8. The Balaban J connectivity index is 1.43. The number of benzene rings is 3. The van der Waals surface area contributed by atoms with Gasteiger partial charge in [-0.25, -0.2) is 4.68 Å². The number of methoxy groups -OCH3 is 1.